The molecule has 2 heterocycles. The zero-order valence-corrected chi connectivity index (χ0v) is 15.4. The minimum absolute atomic E-state index is 0.0319. The fourth-order valence-corrected chi connectivity index (χ4v) is 3.73. The van der Waals surface area contributed by atoms with Crippen molar-refractivity contribution in [2.75, 3.05) is 23.9 Å². The fourth-order valence-electron chi connectivity index (χ4n) is 2.61. The number of thioether (sulfide) groups is 1. The minimum atomic E-state index is -0.502. The van der Waals surface area contributed by atoms with Crippen molar-refractivity contribution in [1.82, 2.24) is 14.9 Å². The Balaban J connectivity index is 2.15. The van der Waals surface area contributed by atoms with Crippen LogP contribution in [0.5, 0.6) is 0 Å². The monoisotopic (exact) mass is 408 g/mol. The number of amides is 1. The molecule has 126 valence electrons. The molecule has 2 aromatic heterocycles. The molecule has 0 atom stereocenters. The van der Waals surface area contributed by atoms with E-state index in [1.54, 1.807) is 17.2 Å². The van der Waals surface area contributed by atoms with Gasteiger partial charge >= 0.3 is 0 Å². The first-order valence-corrected chi connectivity index (χ1v) is 9.58. The van der Waals surface area contributed by atoms with Crippen molar-refractivity contribution in [2.45, 2.75) is 6.42 Å². The van der Waals surface area contributed by atoms with Gasteiger partial charge in [-0.05, 0) is 39.4 Å². The van der Waals surface area contributed by atoms with Crippen molar-refractivity contribution in [3.63, 3.8) is 0 Å². The van der Waals surface area contributed by atoms with Crippen LogP contribution in [0.1, 0.15) is 5.69 Å². The highest BCUT2D eigenvalue weighted by Crippen LogP contribution is 2.31. The van der Waals surface area contributed by atoms with Gasteiger partial charge in [0.25, 0.3) is 5.91 Å². The smallest absolute Gasteiger partial charge is 0.262 e. The summed E-state index contributed by atoms with van der Waals surface area (Å²) in [6, 6.07) is 10.1. The molecule has 3 rings (SSSR count). The summed E-state index contributed by atoms with van der Waals surface area (Å²) in [5.74, 6) is 1.19. The predicted octanol–water partition coefficient (Wildman–Crippen LogP) is 3.07. The second-order valence-corrected chi connectivity index (χ2v) is 6.99. The van der Waals surface area contributed by atoms with Gasteiger partial charge in [0.05, 0.1) is 12.2 Å². The van der Waals surface area contributed by atoms with E-state index in [2.05, 4.69) is 21.2 Å². The van der Waals surface area contributed by atoms with E-state index in [4.69, 9.17) is 10.2 Å². The predicted molar refractivity (Wildman–Crippen MR) is 101 cm³/mol. The zero-order valence-electron chi connectivity index (χ0n) is 13.0. The second kappa shape index (κ2) is 7.42. The lowest BCUT2D eigenvalue weighted by Crippen LogP contribution is -2.27. The number of anilines is 1. The topological polar surface area (TPSA) is 78.7 Å². The lowest BCUT2D eigenvalue weighted by atomic mass is 10.2. The lowest BCUT2D eigenvalue weighted by molar-refractivity contribution is -0.127. The van der Waals surface area contributed by atoms with Crippen LogP contribution < -0.4 is 10.8 Å². The summed E-state index contributed by atoms with van der Waals surface area (Å²) in [5, 5.41) is 14.0. The Bertz CT molecular complexity index is 897. The molecule has 0 aliphatic heterocycles. The van der Waals surface area contributed by atoms with E-state index in [-0.39, 0.29) is 6.54 Å². The standard InChI is InChI=1S/C16H17BrN4O2S/c1-24-7-6-12-16(18-9-14(22)20-23)21-13(19-12)8-10-4-2-3-5-11(10)15(21)17/h2-5,8,18,23H,6-7,9H2,1H3,(H,20,22). The number of aromatic nitrogens is 2. The molecular weight excluding hydrogens is 392 g/mol. The quantitative estimate of drug-likeness (QED) is 0.331. The molecule has 0 unspecified atom stereocenters. The van der Waals surface area contributed by atoms with E-state index < -0.39 is 5.91 Å². The van der Waals surface area contributed by atoms with Crippen LogP contribution >= 0.6 is 27.7 Å². The molecule has 8 heteroatoms. The molecule has 6 nitrogen and oxygen atoms in total. The van der Waals surface area contributed by atoms with Crippen molar-refractivity contribution in [2.24, 2.45) is 0 Å². The average molecular weight is 409 g/mol. The number of fused-ring (bicyclic) bond motifs is 2. The maximum atomic E-state index is 11.4. The van der Waals surface area contributed by atoms with Crippen LogP contribution in [0.25, 0.3) is 16.4 Å². The summed E-state index contributed by atoms with van der Waals surface area (Å²) in [4.78, 5) is 16.1. The van der Waals surface area contributed by atoms with Gasteiger partial charge in [-0.2, -0.15) is 11.8 Å². The Kier molecular flexibility index (Phi) is 5.27. The zero-order chi connectivity index (χ0) is 17.1. The third-order valence-electron chi connectivity index (χ3n) is 3.72. The van der Waals surface area contributed by atoms with Gasteiger partial charge < -0.3 is 5.32 Å². The molecule has 0 fully saturated rings. The number of rotatable bonds is 6. The van der Waals surface area contributed by atoms with Crippen LogP contribution in [0, 0.1) is 0 Å². The molecule has 1 aromatic carbocycles. The Hall–Kier alpha value is -1.77. The highest BCUT2D eigenvalue weighted by atomic mass is 79.9. The average Bonchev–Trinajstić information content (AvgIpc) is 2.95. The molecule has 0 saturated carbocycles. The Morgan fingerprint density at radius 3 is 2.96 bits per heavy atom. The van der Waals surface area contributed by atoms with Gasteiger partial charge in [-0.25, -0.2) is 10.5 Å². The van der Waals surface area contributed by atoms with Gasteiger partial charge in [0.1, 0.15) is 16.1 Å². The molecule has 0 bridgehead atoms. The number of pyridine rings is 1. The SMILES string of the molecule is CSCCc1nc2cc3ccccc3c(Br)n2c1NCC(=O)NO. The number of hydrogen-bond donors (Lipinski definition) is 3. The van der Waals surface area contributed by atoms with Crippen molar-refractivity contribution < 1.29 is 10.0 Å². The molecule has 3 N–H and O–H groups in total. The summed E-state index contributed by atoms with van der Waals surface area (Å²) in [6.45, 7) is -0.0319. The van der Waals surface area contributed by atoms with Gasteiger partial charge in [-0.15, -0.1) is 0 Å². The normalized spacial score (nSPS) is 11.1. The number of nitrogens with one attached hydrogen (secondary N) is 2. The lowest BCUT2D eigenvalue weighted by Gasteiger charge is -2.10. The first kappa shape index (κ1) is 17.1. The third kappa shape index (κ3) is 3.22. The van der Waals surface area contributed by atoms with E-state index in [9.17, 15) is 4.79 Å². The molecule has 0 saturated heterocycles. The number of benzene rings is 1. The van der Waals surface area contributed by atoms with Crippen LogP contribution in [0.15, 0.2) is 34.9 Å². The molecule has 0 aliphatic rings. The third-order valence-corrected chi connectivity index (χ3v) is 5.12. The number of carbonyl (C=O) groups excluding carboxylic acids is 1. The summed E-state index contributed by atoms with van der Waals surface area (Å²) < 4.78 is 2.84. The molecule has 3 aromatic rings. The van der Waals surface area contributed by atoms with Gasteiger partial charge in [-0.3, -0.25) is 14.4 Å². The Labute approximate surface area is 151 Å². The first-order chi connectivity index (χ1) is 11.7. The minimum Gasteiger partial charge on any atom is -0.360 e. The van der Waals surface area contributed by atoms with Gasteiger partial charge in [0.2, 0.25) is 0 Å². The van der Waals surface area contributed by atoms with Crippen LogP contribution in [-0.4, -0.2) is 39.1 Å². The highest BCUT2D eigenvalue weighted by molar-refractivity contribution is 9.10. The van der Waals surface area contributed by atoms with Crippen molar-refractivity contribution in [1.29, 1.82) is 0 Å². The van der Waals surface area contributed by atoms with Crippen molar-refractivity contribution in [3.05, 3.63) is 40.6 Å². The highest BCUT2D eigenvalue weighted by Gasteiger charge is 2.16. The number of hydroxylamine groups is 1. The number of aryl methyl sites for hydroxylation is 1. The maximum absolute atomic E-state index is 11.4. The number of carbonyl (C=O) groups is 1. The number of halogens is 1. The number of hydrogen-bond acceptors (Lipinski definition) is 5. The van der Waals surface area contributed by atoms with Crippen LogP contribution in [-0.2, 0) is 11.2 Å². The molecular formula is C16H17BrN4O2S. The van der Waals surface area contributed by atoms with Crippen molar-refractivity contribution in [3.8, 4) is 0 Å². The van der Waals surface area contributed by atoms with Crippen molar-refractivity contribution >= 4 is 55.8 Å². The largest absolute Gasteiger partial charge is 0.360 e. The number of nitrogens with zero attached hydrogens (tertiary/aromatic N) is 2. The van der Waals surface area contributed by atoms with E-state index in [0.717, 1.165) is 44.7 Å². The molecule has 24 heavy (non-hydrogen) atoms. The number of imidazole rings is 1. The summed E-state index contributed by atoms with van der Waals surface area (Å²) in [7, 11) is 0. The van der Waals surface area contributed by atoms with Gasteiger partial charge in [-0.1, -0.05) is 24.3 Å². The summed E-state index contributed by atoms with van der Waals surface area (Å²) >= 11 is 5.41. The van der Waals surface area contributed by atoms with Gasteiger partial charge in [0.15, 0.2) is 0 Å². The van der Waals surface area contributed by atoms with E-state index >= 15 is 0 Å². The molecule has 1 amide bonds. The Morgan fingerprint density at radius 2 is 2.21 bits per heavy atom. The fraction of sp³-hybridized carbons (Fsp3) is 0.250. The van der Waals surface area contributed by atoms with E-state index in [0.29, 0.717) is 0 Å². The summed E-state index contributed by atoms with van der Waals surface area (Å²) in [5.41, 5.74) is 3.34. The van der Waals surface area contributed by atoms with Crippen LogP contribution in [0.3, 0.4) is 0 Å². The second-order valence-electron chi connectivity index (χ2n) is 5.25. The molecule has 0 radical (unpaired) electrons. The molecule has 0 spiro atoms. The van der Waals surface area contributed by atoms with Crippen LogP contribution in [0.4, 0.5) is 5.82 Å². The van der Waals surface area contributed by atoms with E-state index in [1.807, 2.05) is 41.0 Å². The van der Waals surface area contributed by atoms with Crippen LogP contribution in [0.2, 0.25) is 0 Å². The van der Waals surface area contributed by atoms with Gasteiger partial charge in [0, 0.05) is 11.8 Å². The summed E-state index contributed by atoms with van der Waals surface area (Å²) in [6.07, 6.45) is 2.83. The Morgan fingerprint density at radius 1 is 1.42 bits per heavy atom. The van der Waals surface area contributed by atoms with E-state index in [1.165, 1.54) is 0 Å². The maximum Gasteiger partial charge on any atom is 0.262 e. The first-order valence-electron chi connectivity index (χ1n) is 7.40. The molecule has 0 aliphatic carbocycles.